The zero-order chi connectivity index (χ0) is 19.4. The van der Waals surface area contributed by atoms with E-state index in [1.807, 2.05) is 0 Å². The maximum atomic E-state index is 11.8. The molecule has 1 aliphatic carbocycles. The van der Waals surface area contributed by atoms with Crippen LogP contribution in [-0.2, 0) is 18.4 Å². The monoisotopic (exact) mass is 386 g/mol. The van der Waals surface area contributed by atoms with E-state index in [1.54, 1.807) is 0 Å². The molecule has 6 heteroatoms. The van der Waals surface area contributed by atoms with Crippen LogP contribution in [0.4, 0.5) is 0 Å². The molecule has 0 aromatic heterocycles. The van der Waals surface area contributed by atoms with Crippen LogP contribution in [0.1, 0.15) is 54.4 Å². The van der Waals surface area contributed by atoms with Crippen LogP contribution in [0.5, 0.6) is 0 Å². The lowest BCUT2D eigenvalue weighted by atomic mass is 10.0. The van der Waals surface area contributed by atoms with Gasteiger partial charge in [0.2, 0.25) is 0 Å². The average molecular weight is 387 g/mol. The predicted molar refractivity (Wildman–Crippen MR) is 107 cm³/mol. The molecule has 0 aromatic rings. The second-order valence-corrected chi connectivity index (χ2v) is 20.4. The number of fused-ring (bicyclic) bond motifs is 1. The number of esters is 1. The van der Waals surface area contributed by atoms with Gasteiger partial charge in [0.1, 0.15) is 6.10 Å². The Morgan fingerprint density at radius 2 is 1.40 bits per heavy atom. The summed E-state index contributed by atoms with van der Waals surface area (Å²) in [5, 5.41) is 0.291. The van der Waals surface area contributed by atoms with Gasteiger partial charge in [-0.25, -0.2) is 0 Å². The largest absolute Gasteiger partial charge is 0.462 e. The Morgan fingerprint density at radius 3 is 1.88 bits per heavy atom. The van der Waals surface area contributed by atoms with Crippen LogP contribution >= 0.6 is 0 Å². The van der Waals surface area contributed by atoms with Crippen LogP contribution < -0.4 is 0 Å². The third-order valence-electron chi connectivity index (χ3n) is 6.90. The molecule has 2 aliphatic rings. The summed E-state index contributed by atoms with van der Waals surface area (Å²) < 4.78 is 19.1. The van der Waals surface area contributed by atoms with Crippen LogP contribution in [0.2, 0.25) is 36.3 Å². The van der Waals surface area contributed by atoms with Crippen LogP contribution in [0.3, 0.4) is 0 Å². The van der Waals surface area contributed by atoms with Crippen LogP contribution in [0.15, 0.2) is 0 Å². The Bertz CT molecular complexity index is 516. The maximum absolute atomic E-state index is 11.8. The van der Waals surface area contributed by atoms with E-state index >= 15 is 0 Å². The first-order chi connectivity index (χ1) is 11.1. The van der Waals surface area contributed by atoms with Gasteiger partial charge in [0.05, 0.1) is 18.6 Å². The van der Waals surface area contributed by atoms with E-state index in [9.17, 15) is 4.79 Å². The fourth-order valence-corrected chi connectivity index (χ4v) is 5.87. The van der Waals surface area contributed by atoms with Crippen molar-refractivity contribution in [1.82, 2.24) is 0 Å². The van der Waals surface area contributed by atoms with Crippen LogP contribution in [0.25, 0.3) is 0 Å². The number of hydrogen-bond acceptors (Lipinski definition) is 4. The molecule has 0 amide bonds. The highest BCUT2D eigenvalue weighted by Crippen LogP contribution is 2.47. The molecule has 25 heavy (non-hydrogen) atoms. The first-order valence-corrected chi connectivity index (χ1v) is 15.4. The summed E-state index contributed by atoms with van der Waals surface area (Å²) in [4.78, 5) is 11.8. The van der Waals surface area contributed by atoms with Gasteiger partial charge < -0.3 is 13.6 Å². The highest BCUT2D eigenvalue weighted by molar-refractivity contribution is 6.74. The maximum Gasteiger partial charge on any atom is 0.306 e. The molecule has 4 atom stereocenters. The molecule has 1 saturated carbocycles. The van der Waals surface area contributed by atoms with Crippen molar-refractivity contribution in [1.29, 1.82) is 0 Å². The first kappa shape index (κ1) is 21.1. The lowest BCUT2D eigenvalue weighted by molar-refractivity contribution is -0.141. The molecule has 0 radical (unpaired) electrons. The topological polar surface area (TPSA) is 44.8 Å². The molecular formula is C19H38O4Si2. The summed E-state index contributed by atoms with van der Waals surface area (Å²) in [7, 11) is -3.85. The lowest BCUT2D eigenvalue weighted by Crippen LogP contribution is -2.51. The number of carbonyl (C=O) groups is 1. The van der Waals surface area contributed by atoms with Crippen LogP contribution in [0, 0.1) is 5.92 Å². The highest BCUT2D eigenvalue weighted by Gasteiger charge is 2.56. The molecule has 2 fully saturated rings. The van der Waals surface area contributed by atoms with Gasteiger partial charge in [-0.2, -0.15) is 0 Å². The second kappa shape index (κ2) is 6.46. The zero-order valence-electron chi connectivity index (χ0n) is 17.9. The molecule has 0 bridgehead atoms. The summed E-state index contributed by atoms with van der Waals surface area (Å²) >= 11 is 0. The van der Waals surface area contributed by atoms with Crippen molar-refractivity contribution in [3.8, 4) is 0 Å². The fraction of sp³-hybridized carbons (Fsp3) is 0.947. The van der Waals surface area contributed by atoms with Crippen molar-refractivity contribution < 1.29 is 18.4 Å². The predicted octanol–water partition coefficient (Wildman–Crippen LogP) is 5.10. The van der Waals surface area contributed by atoms with Gasteiger partial charge in [0, 0.05) is 12.3 Å². The van der Waals surface area contributed by atoms with E-state index in [4.69, 9.17) is 13.6 Å². The van der Waals surface area contributed by atoms with Crippen molar-refractivity contribution in [3.63, 3.8) is 0 Å². The van der Waals surface area contributed by atoms with E-state index in [1.165, 1.54) is 0 Å². The smallest absolute Gasteiger partial charge is 0.306 e. The molecule has 0 unspecified atom stereocenters. The van der Waals surface area contributed by atoms with Gasteiger partial charge in [-0.05, 0) is 36.3 Å². The van der Waals surface area contributed by atoms with Gasteiger partial charge >= 0.3 is 5.97 Å². The van der Waals surface area contributed by atoms with Crippen molar-refractivity contribution >= 4 is 22.6 Å². The summed E-state index contributed by atoms with van der Waals surface area (Å²) in [5.74, 6) is 0.0704. The summed E-state index contributed by atoms with van der Waals surface area (Å²) in [6.07, 6.45) is 1.24. The quantitative estimate of drug-likeness (QED) is 0.498. The van der Waals surface area contributed by atoms with Gasteiger partial charge in [-0.1, -0.05) is 41.5 Å². The molecule has 146 valence electrons. The molecular weight excluding hydrogens is 348 g/mol. The SMILES string of the molecule is CC(C)(C)[Si](C)(C)O[C@H]1[C@@H]2CC(=O)O[C@@H]2C[C@H]1O[Si](C)(C)C(C)(C)C. The molecule has 0 aromatic carbocycles. The fourth-order valence-electron chi connectivity index (χ4n) is 3.17. The van der Waals surface area contributed by atoms with E-state index in [-0.39, 0.29) is 40.3 Å². The molecule has 1 heterocycles. The van der Waals surface area contributed by atoms with Gasteiger partial charge in [0.25, 0.3) is 0 Å². The van der Waals surface area contributed by atoms with Gasteiger partial charge in [-0.3, -0.25) is 4.79 Å². The molecule has 1 saturated heterocycles. The third kappa shape index (κ3) is 4.22. The minimum absolute atomic E-state index is 0.0218. The molecule has 0 spiro atoms. The van der Waals surface area contributed by atoms with E-state index < -0.39 is 16.6 Å². The summed E-state index contributed by atoms with van der Waals surface area (Å²) in [5.41, 5.74) is 0. The molecule has 4 nitrogen and oxygen atoms in total. The Labute approximate surface area is 156 Å². The Kier molecular flexibility index (Phi) is 5.46. The number of hydrogen-bond donors (Lipinski definition) is 0. The molecule has 2 rings (SSSR count). The van der Waals surface area contributed by atoms with E-state index in [0.717, 1.165) is 6.42 Å². The minimum atomic E-state index is -1.95. The second-order valence-electron chi connectivity index (χ2n) is 10.9. The third-order valence-corrected chi connectivity index (χ3v) is 15.9. The van der Waals surface area contributed by atoms with E-state index in [2.05, 4.69) is 67.7 Å². The lowest BCUT2D eigenvalue weighted by Gasteiger charge is -2.44. The van der Waals surface area contributed by atoms with Gasteiger partial charge in [0.15, 0.2) is 16.6 Å². The summed E-state index contributed by atoms with van der Waals surface area (Å²) in [6, 6.07) is 0. The number of ether oxygens (including phenoxy) is 1. The van der Waals surface area contributed by atoms with Crippen molar-refractivity contribution in [2.75, 3.05) is 0 Å². The minimum Gasteiger partial charge on any atom is -0.462 e. The Morgan fingerprint density at radius 1 is 0.920 bits per heavy atom. The Balaban J connectivity index is 2.25. The standard InChI is InChI=1S/C19H38O4Si2/c1-18(2,3)24(7,8)22-15-12-14-13(11-16(20)21-14)17(15)23-25(9,10)19(4,5)6/h13-15,17H,11-12H2,1-10H3/t13-,14-,15-,17+/m1/s1. The number of carbonyl (C=O) groups excluding carboxylic acids is 1. The summed E-state index contributed by atoms with van der Waals surface area (Å²) in [6.45, 7) is 22.7. The average Bonchev–Trinajstić information content (AvgIpc) is 2.84. The number of rotatable bonds is 4. The van der Waals surface area contributed by atoms with Gasteiger partial charge in [-0.15, -0.1) is 0 Å². The normalized spacial score (nSPS) is 31.2. The zero-order valence-corrected chi connectivity index (χ0v) is 19.9. The van der Waals surface area contributed by atoms with Crippen molar-refractivity contribution in [3.05, 3.63) is 0 Å². The first-order valence-electron chi connectivity index (χ1n) is 9.60. The van der Waals surface area contributed by atoms with Crippen molar-refractivity contribution in [2.45, 2.75) is 109 Å². The van der Waals surface area contributed by atoms with E-state index in [0.29, 0.717) is 6.42 Å². The highest BCUT2D eigenvalue weighted by atomic mass is 28.4. The Hall–Kier alpha value is -0.176. The molecule has 1 aliphatic heterocycles. The van der Waals surface area contributed by atoms with Crippen molar-refractivity contribution in [2.24, 2.45) is 5.92 Å². The molecule has 0 N–H and O–H groups in total. The van der Waals surface area contributed by atoms with Crippen LogP contribution in [-0.4, -0.2) is 40.9 Å².